The van der Waals surface area contributed by atoms with E-state index in [4.69, 9.17) is 9.47 Å². The van der Waals surface area contributed by atoms with Crippen molar-refractivity contribution in [3.63, 3.8) is 0 Å². The number of rotatable bonds is 7. The van der Waals surface area contributed by atoms with E-state index in [1.165, 1.54) is 25.3 Å². The van der Waals surface area contributed by atoms with Gasteiger partial charge in [-0.1, -0.05) is 18.2 Å². The van der Waals surface area contributed by atoms with E-state index in [9.17, 15) is 14.9 Å². The topological polar surface area (TPSA) is 78.7 Å². The Balaban J connectivity index is 2.13. The summed E-state index contributed by atoms with van der Waals surface area (Å²) in [6, 6.07) is 12.8. The fourth-order valence-corrected chi connectivity index (χ4v) is 1.89. The Morgan fingerprint density at radius 2 is 1.87 bits per heavy atom. The van der Waals surface area contributed by atoms with Gasteiger partial charge in [0.2, 0.25) is 0 Å². The molecular weight excluding hydrogens is 298 g/mol. The highest BCUT2D eigenvalue weighted by molar-refractivity contribution is 6.08. The lowest BCUT2D eigenvalue weighted by atomic mass is 10.1. The van der Waals surface area contributed by atoms with Crippen molar-refractivity contribution in [1.29, 1.82) is 0 Å². The van der Waals surface area contributed by atoms with Gasteiger partial charge < -0.3 is 9.47 Å². The molecule has 0 heterocycles. The van der Waals surface area contributed by atoms with Crippen LogP contribution >= 0.6 is 0 Å². The molecule has 0 aliphatic rings. The molecule has 0 atom stereocenters. The zero-order valence-corrected chi connectivity index (χ0v) is 12.5. The minimum atomic E-state index is -0.470. The summed E-state index contributed by atoms with van der Waals surface area (Å²) in [5.41, 5.74) is 1.12. The summed E-state index contributed by atoms with van der Waals surface area (Å²) >= 11 is 0. The highest BCUT2D eigenvalue weighted by Crippen LogP contribution is 2.20. The van der Waals surface area contributed by atoms with Crippen molar-refractivity contribution < 1.29 is 19.2 Å². The first kappa shape index (κ1) is 16.4. The number of nitro benzene ring substituents is 1. The lowest BCUT2D eigenvalue weighted by molar-refractivity contribution is -0.384. The standard InChI is InChI=1S/C17H15NO5/c1-22-12-23-17-5-3-2-4-15(17)16(19)11-8-13-6-9-14(10-7-13)18(20)21/h2-11H,12H2,1H3. The number of carbonyl (C=O) groups is 1. The van der Waals surface area contributed by atoms with E-state index in [1.54, 1.807) is 42.5 Å². The Morgan fingerprint density at radius 1 is 1.17 bits per heavy atom. The van der Waals surface area contributed by atoms with Crippen LogP contribution in [-0.4, -0.2) is 24.6 Å². The monoisotopic (exact) mass is 313 g/mol. The van der Waals surface area contributed by atoms with Crippen molar-refractivity contribution in [2.75, 3.05) is 13.9 Å². The van der Waals surface area contributed by atoms with Gasteiger partial charge >= 0.3 is 0 Å². The smallest absolute Gasteiger partial charge is 0.269 e. The second-order valence-corrected chi connectivity index (χ2v) is 4.59. The van der Waals surface area contributed by atoms with Crippen molar-refractivity contribution in [2.24, 2.45) is 0 Å². The second kappa shape index (κ2) is 7.86. The lowest BCUT2D eigenvalue weighted by Gasteiger charge is -2.08. The van der Waals surface area contributed by atoms with Crippen molar-refractivity contribution in [3.8, 4) is 5.75 Å². The first-order valence-electron chi connectivity index (χ1n) is 6.79. The number of nitrogens with zero attached hydrogens (tertiary/aromatic N) is 1. The highest BCUT2D eigenvalue weighted by Gasteiger charge is 2.09. The van der Waals surface area contributed by atoms with Gasteiger partial charge in [0.15, 0.2) is 12.6 Å². The van der Waals surface area contributed by atoms with Gasteiger partial charge in [-0.05, 0) is 35.9 Å². The third-order valence-electron chi connectivity index (χ3n) is 3.02. The fraction of sp³-hybridized carbons (Fsp3) is 0.118. The van der Waals surface area contributed by atoms with Crippen molar-refractivity contribution in [2.45, 2.75) is 0 Å². The van der Waals surface area contributed by atoms with Gasteiger partial charge in [-0.2, -0.15) is 0 Å². The molecule has 0 aromatic heterocycles. The first-order chi connectivity index (χ1) is 11.1. The number of nitro groups is 1. The Morgan fingerprint density at radius 3 is 2.52 bits per heavy atom. The maximum absolute atomic E-state index is 12.3. The summed E-state index contributed by atoms with van der Waals surface area (Å²) in [5.74, 6) is 0.211. The maximum atomic E-state index is 12.3. The van der Waals surface area contributed by atoms with Gasteiger partial charge in [-0.25, -0.2) is 0 Å². The molecule has 118 valence electrons. The fourth-order valence-electron chi connectivity index (χ4n) is 1.89. The molecule has 2 aromatic rings. The zero-order valence-electron chi connectivity index (χ0n) is 12.5. The van der Waals surface area contributed by atoms with Crippen LogP contribution in [0.15, 0.2) is 54.6 Å². The summed E-state index contributed by atoms with van der Waals surface area (Å²) in [6.07, 6.45) is 3.00. The molecule has 0 radical (unpaired) electrons. The summed E-state index contributed by atoms with van der Waals surface area (Å²) < 4.78 is 10.2. The van der Waals surface area contributed by atoms with Crippen LogP contribution in [-0.2, 0) is 4.74 Å². The minimum Gasteiger partial charge on any atom is -0.467 e. The summed E-state index contributed by atoms with van der Waals surface area (Å²) in [7, 11) is 1.50. The summed E-state index contributed by atoms with van der Waals surface area (Å²) in [5, 5.41) is 10.6. The molecule has 6 heteroatoms. The van der Waals surface area contributed by atoms with Gasteiger partial charge in [-0.3, -0.25) is 14.9 Å². The molecule has 0 bridgehead atoms. The first-order valence-corrected chi connectivity index (χ1v) is 6.79. The van der Waals surface area contributed by atoms with Crippen molar-refractivity contribution in [3.05, 3.63) is 75.8 Å². The van der Waals surface area contributed by atoms with Gasteiger partial charge in [0.05, 0.1) is 10.5 Å². The van der Waals surface area contributed by atoms with Gasteiger partial charge in [-0.15, -0.1) is 0 Å². The third kappa shape index (κ3) is 4.49. The van der Waals surface area contributed by atoms with Crippen LogP contribution in [0.3, 0.4) is 0 Å². The quantitative estimate of drug-likeness (QED) is 0.257. The van der Waals surface area contributed by atoms with E-state index in [-0.39, 0.29) is 18.3 Å². The molecule has 0 saturated heterocycles. The Bertz CT molecular complexity index is 722. The molecule has 23 heavy (non-hydrogen) atoms. The average Bonchev–Trinajstić information content (AvgIpc) is 2.58. The van der Waals surface area contributed by atoms with Crippen molar-refractivity contribution >= 4 is 17.5 Å². The highest BCUT2D eigenvalue weighted by atomic mass is 16.7. The van der Waals surface area contributed by atoms with Crippen LogP contribution in [0.2, 0.25) is 0 Å². The molecule has 2 rings (SSSR count). The number of para-hydroxylation sites is 1. The molecule has 0 saturated carbocycles. The molecular formula is C17H15NO5. The molecule has 0 spiro atoms. The number of non-ortho nitro benzene ring substituents is 1. The van der Waals surface area contributed by atoms with E-state index < -0.39 is 4.92 Å². The van der Waals surface area contributed by atoms with E-state index >= 15 is 0 Å². The van der Waals surface area contributed by atoms with Gasteiger partial charge in [0, 0.05) is 19.2 Å². The number of carbonyl (C=O) groups excluding carboxylic acids is 1. The number of ether oxygens (including phenoxy) is 2. The molecule has 0 fully saturated rings. The van der Waals surface area contributed by atoms with Crippen molar-refractivity contribution in [1.82, 2.24) is 0 Å². The van der Waals surface area contributed by atoms with Crippen LogP contribution in [0.25, 0.3) is 6.08 Å². The number of hydrogen-bond donors (Lipinski definition) is 0. The van der Waals surface area contributed by atoms with Crippen LogP contribution in [0.5, 0.6) is 5.75 Å². The summed E-state index contributed by atoms with van der Waals surface area (Å²) in [6.45, 7) is 0.0519. The van der Waals surface area contributed by atoms with Gasteiger partial charge in [0.1, 0.15) is 5.75 Å². The maximum Gasteiger partial charge on any atom is 0.269 e. The van der Waals surface area contributed by atoms with Gasteiger partial charge in [0.25, 0.3) is 5.69 Å². The number of ketones is 1. The predicted octanol–water partition coefficient (Wildman–Crippen LogP) is 3.47. The number of methoxy groups -OCH3 is 1. The second-order valence-electron chi connectivity index (χ2n) is 4.59. The third-order valence-corrected chi connectivity index (χ3v) is 3.02. The summed E-state index contributed by atoms with van der Waals surface area (Å²) in [4.78, 5) is 22.4. The molecule has 0 aliphatic carbocycles. The van der Waals surface area contributed by atoms with E-state index in [0.29, 0.717) is 16.9 Å². The largest absolute Gasteiger partial charge is 0.467 e. The molecule has 0 N–H and O–H groups in total. The number of hydrogen-bond acceptors (Lipinski definition) is 5. The number of benzene rings is 2. The van der Waals surface area contributed by atoms with Crippen LogP contribution in [0, 0.1) is 10.1 Å². The normalized spacial score (nSPS) is 10.7. The molecule has 0 amide bonds. The Labute approximate surface area is 133 Å². The van der Waals surface area contributed by atoms with E-state index in [1.807, 2.05) is 0 Å². The lowest BCUT2D eigenvalue weighted by Crippen LogP contribution is -2.04. The Hall–Kier alpha value is -2.99. The van der Waals surface area contributed by atoms with Crippen LogP contribution < -0.4 is 4.74 Å². The zero-order chi connectivity index (χ0) is 16.7. The van der Waals surface area contributed by atoms with Crippen LogP contribution in [0.1, 0.15) is 15.9 Å². The van der Waals surface area contributed by atoms with Crippen LogP contribution in [0.4, 0.5) is 5.69 Å². The SMILES string of the molecule is COCOc1ccccc1C(=O)C=Cc1ccc([N+](=O)[O-])cc1. The molecule has 6 nitrogen and oxygen atoms in total. The molecule has 2 aromatic carbocycles. The predicted molar refractivity (Wildman–Crippen MR) is 85.4 cm³/mol. The van der Waals surface area contributed by atoms with E-state index in [2.05, 4.69) is 0 Å². The minimum absolute atomic E-state index is 0.00628. The number of allylic oxidation sites excluding steroid dienone is 1. The molecule has 0 unspecified atom stereocenters. The average molecular weight is 313 g/mol. The Kier molecular flexibility index (Phi) is 5.60. The van der Waals surface area contributed by atoms with E-state index in [0.717, 1.165) is 0 Å². The molecule has 0 aliphatic heterocycles.